The number of anilines is 1. The van der Waals surface area contributed by atoms with Crippen LogP contribution in [0.15, 0.2) is 55.0 Å². The van der Waals surface area contributed by atoms with Crippen molar-refractivity contribution in [2.24, 2.45) is 10.8 Å². The van der Waals surface area contributed by atoms with Gasteiger partial charge in [-0.3, -0.25) is 19.9 Å². The zero-order valence-electron chi connectivity index (χ0n) is 43.4. The van der Waals surface area contributed by atoms with E-state index in [4.69, 9.17) is 4.74 Å². The van der Waals surface area contributed by atoms with Gasteiger partial charge in [-0.15, -0.1) is 5.10 Å². The van der Waals surface area contributed by atoms with Crippen LogP contribution in [0.5, 0.6) is 0 Å². The minimum Gasteiger partial charge on any atom is -0.465 e. The third-order valence-electron chi connectivity index (χ3n) is 14.4. The van der Waals surface area contributed by atoms with E-state index in [9.17, 15) is 64.5 Å². The summed E-state index contributed by atoms with van der Waals surface area (Å²) in [6, 6.07) is 1.30. The molecule has 6 unspecified atom stereocenters. The number of amides is 4. The Morgan fingerprint density at radius 1 is 0.825 bits per heavy atom. The Hall–Kier alpha value is -7.36. The van der Waals surface area contributed by atoms with E-state index in [-0.39, 0.29) is 10.2 Å². The van der Waals surface area contributed by atoms with Crippen LogP contribution in [0.25, 0.3) is 11.3 Å². The number of hydrazine groups is 1. The van der Waals surface area contributed by atoms with Crippen LogP contribution < -0.4 is 26.3 Å². The van der Waals surface area contributed by atoms with Crippen molar-refractivity contribution in [2.75, 3.05) is 44.9 Å². The normalized spacial score (nSPS) is 18.6. The van der Waals surface area contributed by atoms with Crippen LogP contribution in [-0.4, -0.2) is 164 Å². The summed E-state index contributed by atoms with van der Waals surface area (Å²) in [4.78, 5) is 65.8. The minimum atomic E-state index is -5.29. The minimum absolute atomic E-state index is 0.0745. The van der Waals surface area contributed by atoms with Gasteiger partial charge in [0, 0.05) is 67.3 Å². The summed E-state index contributed by atoms with van der Waals surface area (Å²) < 4.78 is 155. The van der Waals surface area contributed by atoms with Crippen molar-refractivity contribution in [3.05, 3.63) is 88.9 Å². The number of nitrogens with one attached hydrogen (secondary N) is 4. The Morgan fingerprint density at radius 2 is 1.39 bits per heavy atom. The molecule has 6 N–H and O–H groups in total. The molecule has 434 valence electrons. The van der Waals surface area contributed by atoms with Gasteiger partial charge in [-0.05, 0) is 76.8 Å². The number of hydrogen-bond donors (Lipinski definition) is 6. The van der Waals surface area contributed by atoms with E-state index in [0.29, 0.717) is 86.2 Å². The van der Waals surface area contributed by atoms with Gasteiger partial charge >= 0.3 is 31.1 Å². The molecule has 5 heterocycles. The van der Waals surface area contributed by atoms with Gasteiger partial charge in [0.15, 0.2) is 0 Å². The number of aliphatic hydroxyl groups excluding tert-OH is 1. The van der Waals surface area contributed by atoms with Crippen LogP contribution in [0.2, 0.25) is 0 Å². The highest BCUT2D eigenvalue weighted by molar-refractivity contribution is 5.87. The van der Waals surface area contributed by atoms with Crippen LogP contribution >= 0.6 is 0 Å². The van der Waals surface area contributed by atoms with Crippen molar-refractivity contribution in [3.63, 3.8) is 0 Å². The molecule has 6 atom stereocenters. The largest absolute Gasteiger partial charge is 0.465 e. The molecule has 20 nitrogen and oxygen atoms in total. The van der Waals surface area contributed by atoms with Crippen molar-refractivity contribution in [3.8, 4) is 23.1 Å². The second-order valence-electron chi connectivity index (χ2n) is 20.6. The maximum atomic E-state index is 16.0. The van der Waals surface area contributed by atoms with Crippen molar-refractivity contribution >= 4 is 29.9 Å². The fourth-order valence-corrected chi connectivity index (χ4v) is 9.41. The van der Waals surface area contributed by atoms with Gasteiger partial charge in [-0.25, -0.2) is 33.3 Å². The van der Waals surface area contributed by atoms with Crippen molar-refractivity contribution in [1.29, 1.82) is 0 Å². The number of alkyl carbamates (subject to hydrolysis) is 1. The van der Waals surface area contributed by atoms with Gasteiger partial charge in [0.05, 0.1) is 61.1 Å². The van der Waals surface area contributed by atoms with Gasteiger partial charge in [-0.2, -0.15) is 39.8 Å². The first-order valence-electron chi connectivity index (χ1n) is 24.7. The number of hydrogen-bond acceptors (Lipinski definition) is 14. The van der Waals surface area contributed by atoms with Crippen LogP contribution in [0.4, 0.5) is 59.4 Å². The van der Waals surface area contributed by atoms with Gasteiger partial charge in [0.1, 0.15) is 29.4 Å². The molecule has 2 bridgehead atoms. The van der Waals surface area contributed by atoms with Crippen molar-refractivity contribution in [2.45, 2.75) is 115 Å². The number of carbonyl (C=O) groups excluding carboxylic acids is 3. The summed E-state index contributed by atoms with van der Waals surface area (Å²) >= 11 is 0. The smallest absolute Gasteiger partial charge is 0.407 e. The molecular weight excluding hydrogens is 1090 g/mol. The van der Waals surface area contributed by atoms with Crippen LogP contribution in [-0.2, 0) is 32.0 Å². The highest BCUT2D eigenvalue weighted by Gasteiger charge is 2.57. The molecule has 0 aliphatic carbocycles. The maximum Gasteiger partial charge on any atom is 0.407 e. The van der Waals surface area contributed by atoms with E-state index in [1.54, 1.807) is 12.4 Å². The first-order valence-corrected chi connectivity index (χ1v) is 24.7. The number of benzene rings is 2. The van der Waals surface area contributed by atoms with Gasteiger partial charge in [-0.1, -0.05) is 29.2 Å². The highest BCUT2D eigenvalue weighted by Crippen LogP contribution is 2.42. The molecule has 3 aliphatic rings. The van der Waals surface area contributed by atoms with Crippen molar-refractivity contribution < 1.29 is 82.8 Å². The number of aromatic nitrogens is 5. The molecule has 2 aromatic heterocycles. The summed E-state index contributed by atoms with van der Waals surface area (Å²) in [5.41, 5.74) is -5.07. The quantitative estimate of drug-likeness (QED) is 0.0396. The molecule has 3 saturated heterocycles. The number of rotatable bonds is 19. The van der Waals surface area contributed by atoms with Gasteiger partial charge in [0.25, 0.3) is 5.91 Å². The zero-order chi connectivity index (χ0) is 58.6. The number of piperazine rings is 1. The van der Waals surface area contributed by atoms with Crippen LogP contribution in [0, 0.1) is 34.3 Å². The summed E-state index contributed by atoms with van der Waals surface area (Å²) in [6.07, 6.45) is -10.8. The molecule has 7 rings (SSSR count). The summed E-state index contributed by atoms with van der Waals surface area (Å²) in [5, 5.41) is 34.1. The lowest BCUT2D eigenvalue weighted by Gasteiger charge is -2.47. The molecule has 80 heavy (non-hydrogen) atoms. The number of aliphatic hydroxyl groups is 1. The molecular formula is C50H56F10N12O8. The number of carboxylic acid groups (broad SMARTS) is 1. The lowest BCUT2D eigenvalue weighted by Crippen LogP contribution is -2.63. The Labute approximate surface area is 450 Å². The number of carbonyl (C=O) groups is 4. The molecule has 0 radical (unpaired) electrons. The molecule has 0 saturated carbocycles. The first kappa shape index (κ1) is 60.3. The number of ether oxygens (including phenoxy) is 2. The monoisotopic (exact) mass is 1140 g/mol. The number of fused-ring (bicyclic) bond motifs is 2. The molecule has 2 aromatic carbocycles. The summed E-state index contributed by atoms with van der Waals surface area (Å²) in [7, 11) is 0.806. The predicted molar refractivity (Wildman–Crippen MR) is 261 cm³/mol. The molecule has 30 heteroatoms. The Morgan fingerprint density at radius 3 is 1.89 bits per heavy atom. The second-order valence-corrected chi connectivity index (χ2v) is 20.6. The van der Waals surface area contributed by atoms with Crippen molar-refractivity contribution in [1.82, 2.24) is 56.2 Å². The average Bonchev–Trinajstić information content (AvgIpc) is 3.97. The van der Waals surface area contributed by atoms with E-state index in [1.807, 2.05) is 10.7 Å². The van der Waals surface area contributed by atoms with E-state index in [2.05, 4.69) is 52.0 Å². The molecule has 4 amide bonds. The Kier molecular flexibility index (Phi) is 18.2. The van der Waals surface area contributed by atoms with E-state index in [1.165, 1.54) is 29.6 Å². The lowest BCUT2D eigenvalue weighted by atomic mass is 9.82. The standard InChI is InChI=1S/C50H56F10N12O8/c1-47(2,49(55,56)57)39(65-46(78)79-5)41(74)63-36(14-27-9-6-26(7-10-27)8-11-28-17-61-44(62-18-28)69-19-30-12-13-31(20-69)72(30)32-24-80-25-32)38(73)23-70(67-42(75)40(64-45(76)77)48(3,4)50(58,59)60)21-33-34(51)15-29(16-35(33)52)37-22-71(43(53)54)68-66-37/h6-7,9-10,15-18,22,30-32,36,38-40,43,64,73H,12-14,19-21,23-25H2,1-5H3,(H,63,74)(H,65,78)(H,67,75)(H,76,77). The molecule has 3 aliphatic heterocycles. The van der Waals surface area contributed by atoms with Gasteiger partial charge in [0.2, 0.25) is 11.9 Å². The van der Waals surface area contributed by atoms with E-state index in [0.717, 1.165) is 46.3 Å². The van der Waals surface area contributed by atoms with Crippen LogP contribution in [0.1, 0.15) is 69.3 Å². The Balaban J connectivity index is 1.18. The first-order chi connectivity index (χ1) is 37.5. The van der Waals surface area contributed by atoms with Gasteiger partial charge < -0.3 is 40.5 Å². The summed E-state index contributed by atoms with van der Waals surface area (Å²) in [5.74, 6) is 0.162. The predicted octanol–water partition coefficient (Wildman–Crippen LogP) is 5.32. The zero-order valence-corrected chi connectivity index (χ0v) is 43.4. The fourth-order valence-electron chi connectivity index (χ4n) is 9.41. The number of halogens is 10. The maximum absolute atomic E-state index is 16.0. The van der Waals surface area contributed by atoms with E-state index < -0.39 is 126 Å². The average molecular weight is 1140 g/mol. The second kappa shape index (κ2) is 24.2. The third kappa shape index (κ3) is 13.8. The number of nitrogens with zero attached hydrogens (tertiary/aromatic N) is 8. The van der Waals surface area contributed by atoms with E-state index >= 15 is 8.78 Å². The number of alkyl halides is 8. The summed E-state index contributed by atoms with van der Waals surface area (Å²) in [6.45, 7) is -0.500. The third-order valence-corrected chi connectivity index (χ3v) is 14.4. The highest BCUT2D eigenvalue weighted by atomic mass is 19.4. The SMILES string of the molecule is COC(=O)NC(C(=O)NC(Cc1ccc(C#Cc2cnc(N3CC4CCC(C3)N4C3COC3)nc2)cc1)C(O)CN(Cc1c(F)cc(-c2cn(C(F)F)nn2)cc1F)NC(=O)C(NC(=O)O)C(C)(C)C(F)(F)F)C(C)(C)C(F)(F)F. The molecule has 4 aromatic rings. The van der Waals surface area contributed by atoms with Crippen LogP contribution in [0.3, 0.4) is 0 Å². The molecule has 0 spiro atoms. The lowest BCUT2D eigenvalue weighted by molar-refractivity contribution is -0.221. The number of methoxy groups -OCH3 is 1. The fraction of sp³-hybridized carbons (Fsp3) is 0.520. The Bertz CT molecular complexity index is 2900. The molecule has 3 fully saturated rings. The topological polar surface area (TPSA) is 242 Å².